The van der Waals surface area contributed by atoms with Gasteiger partial charge >= 0.3 is 0 Å². The molecule has 0 aliphatic carbocycles. The summed E-state index contributed by atoms with van der Waals surface area (Å²) in [5.41, 5.74) is 3.07. The number of rotatable bonds is 5. The highest BCUT2D eigenvalue weighted by Crippen LogP contribution is 2.26. The lowest BCUT2D eigenvalue weighted by molar-refractivity contribution is -0.116. The number of pyridine rings is 2. The monoisotopic (exact) mass is 464 g/mol. The van der Waals surface area contributed by atoms with Crippen molar-refractivity contribution in [1.29, 1.82) is 0 Å². The van der Waals surface area contributed by atoms with Crippen LogP contribution in [0, 0.1) is 0 Å². The normalized spacial score (nSPS) is 10.7. The zero-order chi connectivity index (χ0) is 22.7. The van der Waals surface area contributed by atoms with E-state index >= 15 is 0 Å². The van der Waals surface area contributed by atoms with Crippen molar-refractivity contribution in [2.75, 3.05) is 18.9 Å². The predicted octanol–water partition coefficient (Wildman–Crippen LogP) is 5.31. The zero-order valence-electron chi connectivity index (χ0n) is 17.0. The number of hydrogen-bond acceptors (Lipinski definition) is 4. The molecule has 4 rings (SSSR count). The molecule has 32 heavy (non-hydrogen) atoms. The maximum atomic E-state index is 13.3. The molecule has 0 saturated carbocycles. The SMILES string of the molecule is CN(CC(=O)Nc1ccc(Cl)c(Cl)c1)C(=O)c1cc(-c2cccnc2)nc2ccccc12. The number of likely N-dealkylation sites (N-methyl/N-ethyl adjacent to an activating group) is 1. The molecule has 0 aliphatic rings. The molecule has 2 heterocycles. The Morgan fingerprint density at radius 3 is 2.56 bits per heavy atom. The molecule has 0 atom stereocenters. The van der Waals surface area contributed by atoms with Crippen LogP contribution in [0.1, 0.15) is 10.4 Å². The molecule has 8 heteroatoms. The number of aromatic nitrogens is 2. The van der Waals surface area contributed by atoms with Crippen molar-refractivity contribution in [2.24, 2.45) is 0 Å². The number of fused-ring (bicyclic) bond motifs is 1. The van der Waals surface area contributed by atoms with Gasteiger partial charge in [-0.05, 0) is 42.5 Å². The molecule has 2 amide bonds. The van der Waals surface area contributed by atoms with E-state index in [1.165, 1.54) is 4.90 Å². The molecule has 2 aromatic heterocycles. The first-order chi connectivity index (χ1) is 15.4. The van der Waals surface area contributed by atoms with Gasteiger partial charge < -0.3 is 10.2 Å². The lowest BCUT2D eigenvalue weighted by Gasteiger charge is -2.18. The van der Waals surface area contributed by atoms with Gasteiger partial charge in [0.1, 0.15) is 0 Å². The van der Waals surface area contributed by atoms with Crippen molar-refractivity contribution in [3.63, 3.8) is 0 Å². The zero-order valence-corrected chi connectivity index (χ0v) is 18.6. The van der Waals surface area contributed by atoms with Crippen LogP contribution in [-0.2, 0) is 4.79 Å². The van der Waals surface area contributed by atoms with Crippen molar-refractivity contribution < 1.29 is 9.59 Å². The average Bonchev–Trinajstić information content (AvgIpc) is 2.80. The molecular weight excluding hydrogens is 447 g/mol. The molecule has 0 saturated heterocycles. The van der Waals surface area contributed by atoms with E-state index < -0.39 is 0 Å². The Kier molecular flexibility index (Phi) is 6.35. The first-order valence-corrected chi connectivity index (χ1v) is 10.5. The molecule has 1 N–H and O–H groups in total. The van der Waals surface area contributed by atoms with Gasteiger partial charge in [-0.1, -0.05) is 41.4 Å². The molecule has 0 spiro atoms. The van der Waals surface area contributed by atoms with E-state index in [0.29, 0.717) is 37.9 Å². The highest BCUT2D eigenvalue weighted by atomic mass is 35.5. The van der Waals surface area contributed by atoms with Crippen molar-refractivity contribution in [3.8, 4) is 11.3 Å². The van der Waals surface area contributed by atoms with Crippen LogP contribution >= 0.6 is 23.2 Å². The molecular formula is C24H18Cl2N4O2. The van der Waals surface area contributed by atoms with E-state index in [4.69, 9.17) is 23.2 Å². The van der Waals surface area contributed by atoms with Gasteiger partial charge in [-0.15, -0.1) is 0 Å². The van der Waals surface area contributed by atoms with E-state index in [-0.39, 0.29) is 18.4 Å². The molecule has 4 aromatic rings. The van der Waals surface area contributed by atoms with Crippen LogP contribution < -0.4 is 5.32 Å². The van der Waals surface area contributed by atoms with Crippen LogP contribution in [0.4, 0.5) is 5.69 Å². The third-order valence-corrected chi connectivity index (χ3v) is 5.57. The van der Waals surface area contributed by atoms with Crippen LogP contribution in [0.2, 0.25) is 10.0 Å². The molecule has 160 valence electrons. The molecule has 0 radical (unpaired) electrons. The maximum Gasteiger partial charge on any atom is 0.254 e. The first kappa shape index (κ1) is 21.7. The number of amides is 2. The van der Waals surface area contributed by atoms with Gasteiger partial charge in [0.25, 0.3) is 5.91 Å². The number of para-hydroxylation sites is 1. The largest absolute Gasteiger partial charge is 0.332 e. The number of carbonyl (C=O) groups excluding carboxylic acids is 2. The number of nitrogens with zero attached hydrogens (tertiary/aromatic N) is 3. The summed E-state index contributed by atoms with van der Waals surface area (Å²) >= 11 is 11.9. The maximum absolute atomic E-state index is 13.3. The van der Waals surface area contributed by atoms with Gasteiger partial charge in [0.15, 0.2) is 0 Å². The Labute approximate surface area is 194 Å². The Hall–Kier alpha value is -3.48. The quantitative estimate of drug-likeness (QED) is 0.433. The second-order valence-electron chi connectivity index (χ2n) is 7.15. The summed E-state index contributed by atoms with van der Waals surface area (Å²) in [7, 11) is 1.58. The number of halogens is 2. The summed E-state index contributed by atoms with van der Waals surface area (Å²) in [6.07, 6.45) is 3.37. The van der Waals surface area contributed by atoms with Gasteiger partial charge in [0.2, 0.25) is 5.91 Å². The van der Waals surface area contributed by atoms with Crippen LogP contribution in [0.15, 0.2) is 73.1 Å². The Morgan fingerprint density at radius 1 is 1.00 bits per heavy atom. The number of anilines is 1. The molecule has 2 aromatic carbocycles. The van der Waals surface area contributed by atoms with E-state index in [9.17, 15) is 9.59 Å². The Bertz CT molecular complexity index is 1310. The van der Waals surface area contributed by atoms with Crippen LogP contribution in [0.25, 0.3) is 22.2 Å². The third-order valence-electron chi connectivity index (χ3n) is 4.83. The fourth-order valence-electron chi connectivity index (χ4n) is 3.28. The smallest absolute Gasteiger partial charge is 0.254 e. The van der Waals surface area contributed by atoms with Gasteiger partial charge in [0, 0.05) is 36.1 Å². The second-order valence-corrected chi connectivity index (χ2v) is 7.97. The summed E-state index contributed by atoms with van der Waals surface area (Å²) in [5, 5.41) is 4.16. The number of nitrogens with one attached hydrogen (secondary N) is 1. The van der Waals surface area contributed by atoms with Gasteiger partial charge in [-0.2, -0.15) is 0 Å². The van der Waals surface area contributed by atoms with E-state index in [2.05, 4.69) is 15.3 Å². The summed E-state index contributed by atoms with van der Waals surface area (Å²) in [4.78, 5) is 36.0. The van der Waals surface area contributed by atoms with Gasteiger partial charge in [0.05, 0.1) is 33.4 Å². The predicted molar refractivity (Wildman–Crippen MR) is 127 cm³/mol. The standard InChI is InChI=1S/C24H18Cl2N4O2/c1-30(14-23(31)28-16-8-9-19(25)20(26)11-16)24(32)18-12-22(15-5-4-10-27-13-15)29-21-7-3-2-6-17(18)21/h2-13H,14H2,1H3,(H,28,31). The minimum Gasteiger partial charge on any atom is -0.332 e. The van der Waals surface area contributed by atoms with Crippen molar-refractivity contribution in [1.82, 2.24) is 14.9 Å². The molecule has 6 nitrogen and oxygen atoms in total. The Balaban J connectivity index is 1.59. The first-order valence-electron chi connectivity index (χ1n) is 9.73. The molecule has 0 aliphatic heterocycles. The topological polar surface area (TPSA) is 75.2 Å². The number of hydrogen-bond donors (Lipinski definition) is 1. The molecule has 0 unspecified atom stereocenters. The van der Waals surface area contributed by atoms with Crippen LogP contribution in [-0.4, -0.2) is 40.3 Å². The number of benzene rings is 2. The van der Waals surface area contributed by atoms with E-state index in [0.717, 1.165) is 5.56 Å². The fraction of sp³-hybridized carbons (Fsp3) is 0.0833. The highest BCUT2D eigenvalue weighted by molar-refractivity contribution is 6.42. The average molecular weight is 465 g/mol. The summed E-state index contributed by atoms with van der Waals surface area (Å²) in [5.74, 6) is -0.650. The highest BCUT2D eigenvalue weighted by Gasteiger charge is 2.19. The lowest BCUT2D eigenvalue weighted by Crippen LogP contribution is -2.35. The Morgan fingerprint density at radius 2 is 1.81 bits per heavy atom. The van der Waals surface area contributed by atoms with Gasteiger partial charge in [-0.25, -0.2) is 4.98 Å². The molecule has 0 fully saturated rings. The second kappa shape index (κ2) is 9.34. The minimum absolute atomic E-state index is 0.141. The fourth-order valence-corrected chi connectivity index (χ4v) is 3.58. The van der Waals surface area contributed by atoms with Crippen LogP contribution in [0.3, 0.4) is 0 Å². The molecule has 0 bridgehead atoms. The minimum atomic E-state index is -0.356. The van der Waals surface area contributed by atoms with Crippen LogP contribution in [0.5, 0.6) is 0 Å². The van der Waals surface area contributed by atoms with Crippen molar-refractivity contribution >= 4 is 51.6 Å². The summed E-state index contributed by atoms with van der Waals surface area (Å²) < 4.78 is 0. The van der Waals surface area contributed by atoms with Gasteiger partial charge in [-0.3, -0.25) is 14.6 Å². The van der Waals surface area contributed by atoms with Crippen molar-refractivity contribution in [2.45, 2.75) is 0 Å². The van der Waals surface area contributed by atoms with E-state index in [1.54, 1.807) is 43.7 Å². The number of carbonyl (C=O) groups is 2. The third kappa shape index (κ3) is 4.72. The lowest BCUT2D eigenvalue weighted by atomic mass is 10.0. The van der Waals surface area contributed by atoms with Crippen molar-refractivity contribution in [3.05, 3.63) is 88.7 Å². The summed E-state index contributed by atoms with van der Waals surface area (Å²) in [6, 6.07) is 17.6. The summed E-state index contributed by atoms with van der Waals surface area (Å²) in [6.45, 7) is -0.141. The van der Waals surface area contributed by atoms with E-state index in [1.807, 2.05) is 36.4 Å².